The molecule has 5 heteroatoms. The van der Waals surface area contributed by atoms with Crippen LogP contribution < -0.4 is 0 Å². The highest BCUT2D eigenvalue weighted by molar-refractivity contribution is 7.11. The van der Waals surface area contributed by atoms with Gasteiger partial charge in [-0.1, -0.05) is 13.8 Å². The highest BCUT2D eigenvalue weighted by atomic mass is 32.1. The number of nitrogens with zero attached hydrogens (tertiary/aromatic N) is 1. The topological polar surface area (TPSA) is 57.6 Å². The lowest BCUT2D eigenvalue weighted by molar-refractivity contribution is -0.131. The van der Waals surface area contributed by atoms with Crippen LogP contribution in [0.15, 0.2) is 17.5 Å². The fraction of sp³-hybridized carbons (Fsp3) is 0.500. The summed E-state index contributed by atoms with van der Waals surface area (Å²) in [5.41, 5.74) is 0.962. The first-order chi connectivity index (χ1) is 9.87. The molecule has 2 rings (SSSR count). The van der Waals surface area contributed by atoms with Gasteiger partial charge in [0.15, 0.2) is 0 Å². The lowest BCUT2D eigenvalue weighted by atomic mass is 9.85. The summed E-state index contributed by atoms with van der Waals surface area (Å²) in [6, 6.07) is 1.77. The number of carbonyl (C=O) groups excluding carboxylic acids is 1. The third-order valence-corrected chi connectivity index (χ3v) is 4.78. The molecule has 21 heavy (non-hydrogen) atoms. The van der Waals surface area contributed by atoms with Gasteiger partial charge in [-0.2, -0.15) is 0 Å². The molecule has 114 valence electrons. The molecule has 0 radical (unpaired) electrons. The van der Waals surface area contributed by atoms with Gasteiger partial charge in [-0.05, 0) is 36.8 Å². The van der Waals surface area contributed by atoms with E-state index in [1.807, 2.05) is 4.90 Å². The first-order valence-corrected chi connectivity index (χ1v) is 8.04. The van der Waals surface area contributed by atoms with Crippen LogP contribution in [0.5, 0.6) is 0 Å². The fourth-order valence-electron chi connectivity index (χ4n) is 2.51. The summed E-state index contributed by atoms with van der Waals surface area (Å²) in [6.45, 7) is 6.10. The predicted molar refractivity (Wildman–Crippen MR) is 84.5 cm³/mol. The molecule has 0 spiro atoms. The summed E-state index contributed by atoms with van der Waals surface area (Å²) in [7, 11) is 0. The highest BCUT2D eigenvalue weighted by Gasteiger charge is 2.26. The van der Waals surface area contributed by atoms with Crippen LogP contribution in [-0.4, -0.2) is 35.0 Å². The van der Waals surface area contributed by atoms with E-state index in [9.17, 15) is 9.59 Å². The first kappa shape index (κ1) is 15.8. The van der Waals surface area contributed by atoms with Crippen molar-refractivity contribution in [3.05, 3.63) is 28.0 Å². The zero-order chi connectivity index (χ0) is 15.5. The summed E-state index contributed by atoms with van der Waals surface area (Å²) in [6.07, 6.45) is 5.82. The lowest BCUT2D eigenvalue weighted by Crippen LogP contribution is -2.32. The van der Waals surface area contributed by atoms with Crippen molar-refractivity contribution in [1.29, 1.82) is 0 Å². The number of carboxylic acids is 1. The van der Waals surface area contributed by atoms with E-state index < -0.39 is 5.97 Å². The van der Waals surface area contributed by atoms with Crippen LogP contribution in [0, 0.1) is 5.41 Å². The minimum Gasteiger partial charge on any atom is -0.478 e. The Morgan fingerprint density at radius 2 is 2.10 bits per heavy atom. The zero-order valence-electron chi connectivity index (χ0n) is 12.5. The van der Waals surface area contributed by atoms with Crippen LogP contribution in [-0.2, 0) is 4.79 Å². The Hall–Kier alpha value is -1.62. The summed E-state index contributed by atoms with van der Waals surface area (Å²) >= 11 is 1.39. The molecule has 1 aliphatic heterocycles. The average Bonchev–Trinajstić information content (AvgIpc) is 2.80. The molecule has 4 nitrogen and oxygen atoms in total. The molecule has 1 amide bonds. The van der Waals surface area contributed by atoms with Crippen LogP contribution in [0.25, 0.3) is 6.08 Å². The molecule has 0 bridgehead atoms. The Morgan fingerprint density at radius 3 is 2.81 bits per heavy atom. The van der Waals surface area contributed by atoms with E-state index in [-0.39, 0.29) is 5.91 Å². The number of carbonyl (C=O) groups is 2. The maximum Gasteiger partial charge on any atom is 0.328 e. The maximum absolute atomic E-state index is 12.5. The number of carboxylic acid groups (broad SMARTS) is 1. The van der Waals surface area contributed by atoms with Crippen molar-refractivity contribution in [1.82, 2.24) is 4.90 Å². The van der Waals surface area contributed by atoms with Gasteiger partial charge in [0.05, 0.1) is 5.56 Å². The minimum absolute atomic E-state index is 0.0546. The van der Waals surface area contributed by atoms with E-state index in [0.717, 1.165) is 43.3 Å². The summed E-state index contributed by atoms with van der Waals surface area (Å²) < 4.78 is 0. The molecule has 1 aromatic heterocycles. The van der Waals surface area contributed by atoms with E-state index in [2.05, 4.69) is 13.8 Å². The molecule has 0 aromatic carbocycles. The standard InChI is InChI=1S/C16H21NO3S/c1-16(2)6-3-8-17(9-7-16)15(20)12-10-13(21-11-12)4-5-14(18)19/h4-5,10-11H,3,6-9H2,1-2H3,(H,18,19). The van der Waals surface area contributed by atoms with Crippen LogP contribution >= 0.6 is 11.3 Å². The molecule has 1 aliphatic rings. The molecule has 1 aromatic rings. The van der Waals surface area contributed by atoms with Crippen molar-refractivity contribution in [3.63, 3.8) is 0 Å². The number of likely N-dealkylation sites (tertiary alicyclic amines) is 1. The number of rotatable bonds is 3. The van der Waals surface area contributed by atoms with E-state index in [1.165, 1.54) is 17.4 Å². The average molecular weight is 307 g/mol. The van der Waals surface area contributed by atoms with E-state index in [1.54, 1.807) is 11.4 Å². The third kappa shape index (κ3) is 4.43. The summed E-state index contributed by atoms with van der Waals surface area (Å²) in [4.78, 5) is 25.7. The van der Waals surface area contributed by atoms with E-state index in [0.29, 0.717) is 11.0 Å². The third-order valence-electron chi connectivity index (χ3n) is 3.88. The predicted octanol–water partition coefficient (Wildman–Crippen LogP) is 3.50. The van der Waals surface area contributed by atoms with Gasteiger partial charge < -0.3 is 10.0 Å². The van der Waals surface area contributed by atoms with Crippen LogP contribution in [0.2, 0.25) is 0 Å². The molecule has 1 fully saturated rings. The fourth-order valence-corrected chi connectivity index (χ4v) is 3.29. The van der Waals surface area contributed by atoms with Gasteiger partial charge in [0.1, 0.15) is 0 Å². The van der Waals surface area contributed by atoms with Gasteiger partial charge in [-0.3, -0.25) is 4.79 Å². The van der Waals surface area contributed by atoms with E-state index in [4.69, 9.17) is 5.11 Å². The van der Waals surface area contributed by atoms with Gasteiger partial charge >= 0.3 is 5.97 Å². The Balaban J connectivity index is 2.04. The van der Waals surface area contributed by atoms with Gasteiger partial charge in [0.2, 0.25) is 0 Å². The Morgan fingerprint density at radius 1 is 1.33 bits per heavy atom. The number of hydrogen-bond acceptors (Lipinski definition) is 3. The number of thiophene rings is 1. The zero-order valence-corrected chi connectivity index (χ0v) is 13.3. The smallest absolute Gasteiger partial charge is 0.328 e. The second kappa shape index (κ2) is 6.43. The molecular weight excluding hydrogens is 286 g/mol. The monoisotopic (exact) mass is 307 g/mol. The molecular formula is C16H21NO3S. The molecule has 1 N–H and O–H groups in total. The number of amides is 1. The largest absolute Gasteiger partial charge is 0.478 e. The number of hydrogen-bond donors (Lipinski definition) is 1. The van der Waals surface area contributed by atoms with Crippen LogP contribution in [0.1, 0.15) is 48.3 Å². The van der Waals surface area contributed by atoms with Gasteiger partial charge in [-0.25, -0.2) is 4.79 Å². The second-order valence-electron chi connectivity index (χ2n) is 6.22. The van der Waals surface area contributed by atoms with Gasteiger partial charge in [0.25, 0.3) is 5.91 Å². The molecule has 1 saturated heterocycles. The normalized spacial score (nSPS) is 18.7. The Labute approximate surface area is 129 Å². The Bertz CT molecular complexity index is 560. The maximum atomic E-state index is 12.5. The van der Waals surface area contributed by atoms with Crippen molar-refractivity contribution in [2.45, 2.75) is 33.1 Å². The van der Waals surface area contributed by atoms with Crippen LogP contribution in [0.4, 0.5) is 0 Å². The van der Waals surface area contributed by atoms with Crippen molar-refractivity contribution >= 4 is 29.3 Å². The number of aliphatic carboxylic acids is 1. The summed E-state index contributed by atoms with van der Waals surface area (Å²) in [5.74, 6) is -0.926. The van der Waals surface area contributed by atoms with Crippen molar-refractivity contribution in [3.8, 4) is 0 Å². The Kier molecular flexibility index (Phi) is 4.83. The van der Waals surface area contributed by atoms with Crippen molar-refractivity contribution in [2.24, 2.45) is 5.41 Å². The highest BCUT2D eigenvalue weighted by Crippen LogP contribution is 2.30. The molecule has 2 heterocycles. The molecule has 0 aliphatic carbocycles. The van der Waals surface area contributed by atoms with Gasteiger partial charge in [0, 0.05) is 29.4 Å². The summed E-state index contributed by atoms with van der Waals surface area (Å²) in [5, 5.41) is 10.4. The van der Waals surface area contributed by atoms with E-state index >= 15 is 0 Å². The molecule has 0 atom stereocenters. The quantitative estimate of drug-likeness (QED) is 0.870. The second-order valence-corrected chi connectivity index (χ2v) is 7.16. The van der Waals surface area contributed by atoms with Crippen molar-refractivity contribution in [2.75, 3.05) is 13.1 Å². The lowest BCUT2D eigenvalue weighted by Gasteiger charge is -2.23. The SMILES string of the molecule is CC1(C)CCCN(C(=O)c2csc(C=CC(=O)O)c2)CC1. The molecule has 0 unspecified atom stereocenters. The van der Waals surface area contributed by atoms with Crippen LogP contribution in [0.3, 0.4) is 0 Å². The molecule has 0 saturated carbocycles. The minimum atomic E-state index is -0.981. The first-order valence-electron chi connectivity index (χ1n) is 7.16. The van der Waals surface area contributed by atoms with Gasteiger partial charge in [-0.15, -0.1) is 11.3 Å². The van der Waals surface area contributed by atoms with Crippen molar-refractivity contribution < 1.29 is 14.7 Å².